The van der Waals surface area contributed by atoms with E-state index in [1.54, 1.807) is 0 Å². The molecule has 0 amide bonds. The normalized spacial score (nSPS) is 12.9. The SMILES string of the molecule is [CH3][SnH]([CH3])[C](C)(C)O. The van der Waals surface area contributed by atoms with Crippen LogP contribution in [0.5, 0.6) is 0 Å². The fraction of sp³-hybridized carbons (Fsp3) is 1.00. The molecule has 0 unspecified atom stereocenters. The first-order valence-electron chi connectivity index (χ1n) is 2.67. The van der Waals surface area contributed by atoms with Crippen molar-refractivity contribution in [2.75, 3.05) is 0 Å². The molecule has 0 aliphatic carbocycles. The van der Waals surface area contributed by atoms with Gasteiger partial charge in [0.2, 0.25) is 0 Å². The molecule has 0 rings (SSSR count). The van der Waals surface area contributed by atoms with Gasteiger partial charge in [-0.15, -0.1) is 0 Å². The van der Waals surface area contributed by atoms with E-state index in [1.807, 2.05) is 13.8 Å². The molecule has 0 aliphatic rings. The monoisotopic (exact) mass is 210 g/mol. The first-order chi connectivity index (χ1) is 2.94. The number of hydrogen-bond donors (Lipinski definition) is 1. The van der Waals surface area contributed by atoms with Gasteiger partial charge in [-0.25, -0.2) is 0 Å². The van der Waals surface area contributed by atoms with Crippen molar-refractivity contribution in [2.24, 2.45) is 0 Å². The van der Waals surface area contributed by atoms with Crippen LogP contribution in [-0.2, 0) is 0 Å². The molecule has 0 spiro atoms. The van der Waals surface area contributed by atoms with E-state index in [9.17, 15) is 5.11 Å². The summed E-state index contributed by atoms with van der Waals surface area (Å²) in [5, 5.41) is 9.19. The molecular weight excluding hydrogens is 195 g/mol. The van der Waals surface area contributed by atoms with Gasteiger partial charge >= 0.3 is 52.2 Å². The fourth-order valence-corrected chi connectivity index (χ4v) is 0. The Kier molecular flexibility index (Phi) is 2.61. The quantitative estimate of drug-likeness (QED) is 0.632. The molecule has 0 saturated heterocycles. The van der Waals surface area contributed by atoms with E-state index in [2.05, 4.69) is 9.88 Å². The second-order valence-corrected chi connectivity index (χ2v) is 13.4. The first-order valence-corrected chi connectivity index (χ1v) is 10.9. The average molecular weight is 209 g/mol. The van der Waals surface area contributed by atoms with Crippen LogP contribution in [0.2, 0.25) is 9.88 Å². The van der Waals surface area contributed by atoms with Gasteiger partial charge in [-0.3, -0.25) is 0 Å². The van der Waals surface area contributed by atoms with Gasteiger partial charge in [0.05, 0.1) is 0 Å². The maximum atomic E-state index is 9.19. The molecule has 0 aromatic heterocycles. The van der Waals surface area contributed by atoms with Crippen LogP contribution < -0.4 is 0 Å². The van der Waals surface area contributed by atoms with E-state index in [4.69, 9.17) is 0 Å². The maximum absolute atomic E-state index is 9.19. The van der Waals surface area contributed by atoms with E-state index >= 15 is 0 Å². The van der Waals surface area contributed by atoms with Crippen molar-refractivity contribution in [1.82, 2.24) is 0 Å². The summed E-state index contributed by atoms with van der Waals surface area (Å²) in [6.07, 6.45) is 0. The molecule has 0 bridgehead atoms. The number of rotatable bonds is 1. The molecule has 2 heteroatoms. The number of aliphatic hydroxyl groups is 1. The fourth-order valence-electron chi connectivity index (χ4n) is 0. The average Bonchev–Trinajstić information content (AvgIpc) is 1.31. The Balaban J connectivity index is 3.54. The van der Waals surface area contributed by atoms with Gasteiger partial charge in [-0.1, -0.05) is 0 Å². The van der Waals surface area contributed by atoms with Crippen molar-refractivity contribution in [1.29, 1.82) is 0 Å². The molecule has 0 aromatic rings. The van der Waals surface area contributed by atoms with E-state index in [-0.39, 0.29) is 3.62 Å². The molecule has 0 radical (unpaired) electrons. The molecule has 0 aromatic carbocycles. The summed E-state index contributed by atoms with van der Waals surface area (Å²) in [6, 6.07) is 0. The molecular formula is C5H14OSn. The van der Waals surface area contributed by atoms with Crippen LogP contribution in [0.3, 0.4) is 0 Å². The van der Waals surface area contributed by atoms with Gasteiger partial charge in [-0.2, -0.15) is 0 Å². The van der Waals surface area contributed by atoms with Crippen LogP contribution in [0.4, 0.5) is 0 Å². The van der Waals surface area contributed by atoms with Crippen LogP contribution in [0.1, 0.15) is 13.8 Å². The molecule has 0 atom stereocenters. The molecule has 7 heavy (non-hydrogen) atoms. The van der Waals surface area contributed by atoms with Crippen molar-refractivity contribution >= 4 is 19.8 Å². The van der Waals surface area contributed by atoms with Crippen LogP contribution in [0, 0.1) is 0 Å². The van der Waals surface area contributed by atoms with Gasteiger partial charge in [0, 0.05) is 0 Å². The Morgan fingerprint density at radius 3 is 1.43 bits per heavy atom. The zero-order chi connectivity index (χ0) is 6.08. The second kappa shape index (κ2) is 2.35. The third-order valence-corrected chi connectivity index (χ3v) is 9.48. The molecule has 0 saturated carbocycles. The Bertz CT molecular complexity index is 53.6. The van der Waals surface area contributed by atoms with Crippen molar-refractivity contribution in [3.8, 4) is 0 Å². The number of hydrogen-bond acceptors (Lipinski definition) is 1. The van der Waals surface area contributed by atoms with Gasteiger partial charge < -0.3 is 0 Å². The minimum absolute atomic E-state index is 0.290. The third-order valence-electron chi connectivity index (χ3n) is 1.41. The summed E-state index contributed by atoms with van der Waals surface area (Å²) in [4.78, 5) is 4.42. The summed E-state index contributed by atoms with van der Waals surface area (Å²) in [5.41, 5.74) is 0. The van der Waals surface area contributed by atoms with Gasteiger partial charge in [0.1, 0.15) is 0 Å². The zero-order valence-electron chi connectivity index (χ0n) is 5.52. The third kappa shape index (κ3) is 3.35. The molecule has 0 fully saturated rings. The Labute approximate surface area is 52.5 Å². The first kappa shape index (κ1) is 7.76. The summed E-state index contributed by atoms with van der Waals surface area (Å²) in [7, 11) is 0. The molecule has 44 valence electrons. The standard InChI is InChI=1S/C3H7O.2CH3.Sn.H/c1-3(2)4;;;;/h4H,1-2H3;2*1H3;;. The topological polar surface area (TPSA) is 20.2 Å². The summed E-state index contributed by atoms with van der Waals surface area (Å²) in [5.74, 6) is 0. The van der Waals surface area contributed by atoms with Crippen LogP contribution in [0.25, 0.3) is 0 Å². The summed E-state index contributed by atoms with van der Waals surface area (Å²) >= 11 is -1.40. The van der Waals surface area contributed by atoms with Crippen molar-refractivity contribution in [3.63, 3.8) is 0 Å². The minimum atomic E-state index is -1.40. The predicted octanol–water partition coefficient (Wildman–Crippen LogP) is 0.783. The van der Waals surface area contributed by atoms with E-state index in [0.29, 0.717) is 0 Å². The van der Waals surface area contributed by atoms with Crippen molar-refractivity contribution in [2.45, 2.75) is 27.3 Å². The Morgan fingerprint density at radius 1 is 1.29 bits per heavy atom. The van der Waals surface area contributed by atoms with Crippen molar-refractivity contribution < 1.29 is 5.11 Å². The second-order valence-electron chi connectivity index (χ2n) is 2.81. The van der Waals surface area contributed by atoms with E-state index < -0.39 is 19.8 Å². The Morgan fingerprint density at radius 2 is 1.43 bits per heavy atom. The zero-order valence-corrected chi connectivity index (χ0v) is 8.82. The van der Waals surface area contributed by atoms with Crippen molar-refractivity contribution in [3.05, 3.63) is 0 Å². The molecule has 1 nitrogen and oxygen atoms in total. The summed E-state index contributed by atoms with van der Waals surface area (Å²) in [6.45, 7) is 3.82. The predicted molar refractivity (Wildman–Crippen MR) is 35.2 cm³/mol. The van der Waals surface area contributed by atoms with Gasteiger partial charge in [0.15, 0.2) is 0 Å². The summed E-state index contributed by atoms with van der Waals surface area (Å²) < 4.78 is -0.290. The molecule has 0 aliphatic heterocycles. The molecule has 1 N–H and O–H groups in total. The Hall–Kier alpha value is 0.759. The van der Waals surface area contributed by atoms with Gasteiger partial charge in [0.25, 0.3) is 0 Å². The van der Waals surface area contributed by atoms with Crippen LogP contribution in [-0.4, -0.2) is 28.5 Å². The van der Waals surface area contributed by atoms with Crippen LogP contribution >= 0.6 is 0 Å². The van der Waals surface area contributed by atoms with Gasteiger partial charge in [-0.05, 0) is 0 Å². The van der Waals surface area contributed by atoms with E-state index in [0.717, 1.165) is 0 Å². The van der Waals surface area contributed by atoms with Crippen LogP contribution in [0.15, 0.2) is 0 Å². The molecule has 0 heterocycles. The van der Waals surface area contributed by atoms with E-state index in [1.165, 1.54) is 0 Å².